The van der Waals surface area contributed by atoms with Gasteiger partial charge in [0.2, 0.25) is 0 Å². The summed E-state index contributed by atoms with van der Waals surface area (Å²) in [5.74, 6) is 1.07. The Morgan fingerprint density at radius 2 is 1.87 bits per heavy atom. The zero-order valence-corrected chi connectivity index (χ0v) is 17.8. The minimum atomic E-state index is -0.469. The number of aryl methyl sites for hydroxylation is 1. The lowest BCUT2D eigenvalue weighted by molar-refractivity contribution is 0.181. The standard InChI is InChI=1S/C21H18ClFN4O2S/c1-13-18(19(22)27(26-13)16-6-4-3-5-7-16)12-30-21-25-24-20(29-21)14(2)28-17-10-8-15(23)9-11-17/h3-11,14H,12H2,1-2H3/t14-/m0/s1. The van der Waals surface area contributed by atoms with E-state index in [0.29, 0.717) is 27.8 Å². The number of benzene rings is 2. The first kappa shape index (κ1) is 20.4. The molecule has 0 aliphatic rings. The molecule has 0 aliphatic carbocycles. The lowest BCUT2D eigenvalue weighted by Crippen LogP contribution is -2.03. The monoisotopic (exact) mass is 444 g/mol. The highest BCUT2D eigenvalue weighted by molar-refractivity contribution is 7.98. The molecule has 0 bridgehead atoms. The van der Waals surface area contributed by atoms with E-state index in [1.54, 1.807) is 23.7 Å². The molecule has 30 heavy (non-hydrogen) atoms. The Bertz CT molecular complexity index is 1130. The summed E-state index contributed by atoms with van der Waals surface area (Å²) in [5, 5.41) is 13.6. The van der Waals surface area contributed by atoms with Crippen molar-refractivity contribution in [3.63, 3.8) is 0 Å². The molecule has 1 atom stereocenters. The maximum atomic E-state index is 13.0. The van der Waals surface area contributed by atoms with Crippen molar-refractivity contribution in [2.75, 3.05) is 0 Å². The van der Waals surface area contributed by atoms with Crippen molar-refractivity contribution < 1.29 is 13.5 Å². The average molecular weight is 445 g/mol. The Morgan fingerprint density at radius 1 is 1.13 bits per heavy atom. The van der Waals surface area contributed by atoms with Gasteiger partial charge in [-0.1, -0.05) is 41.6 Å². The molecule has 0 aliphatic heterocycles. The van der Waals surface area contributed by atoms with E-state index in [9.17, 15) is 4.39 Å². The van der Waals surface area contributed by atoms with Crippen molar-refractivity contribution >= 4 is 23.4 Å². The maximum Gasteiger partial charge on any atom is 0.277 e. The molecule has 2 aromatic heterocycles. The number of hydrogen-bond donors (Lipinski definition) is 0. The summed E-state index contributed by atoms with van der Waals surface area (Å²) < 4.78 is 26.1. The van der Waals surface area contributed by atoms with Crippen LogP contribution in [0.25, 0.3) is 5.69 Å². The Labute approximate surface area is 182 Å². The summed E-state index contributed by atoms with van der Waals surface area (Å²) >= 11 is 7.93. The highest BCUT2D eigenvalue weighted by Gasteiger charge is 2.19. The van der Waals surface area contributed by atoms with Crippen molar-refractivity contribution in [1.82, 2.24) is 20.0 Å². The summed E-state index contributed by atoms with van der Waals surface area (Å²) in [5.41, 5.74) is 2.64. The molecule has 2 heterocycles. The number of thioether (sulfide) groups is 1. The van der Waals surface area contributed by atoms with Gasteiger partial charge in [0.25, 0.3) is 11.1 Å². The van der Waals surface area contributed by atoms with E-state index < -0.39 is 6.10 Å². The van der Waals surface area contributed by atoms with Crippen LogP contribution in [0.1, 0.15) is 30.2 Å². The second kappa shape index (κ2) is 8.89. The lowest BCUT2D eigenvalue weighted by Gasteiger charge is -2.10. The first-order chi connectivity index (χ1) is 14.5. The van der Waals surface area contributed by atoms with Crippen LogP contribution in [0.5, 0.6) is 5.75 Å². The number of halogens is 2. The van der Waals surface area contributed by atoms with Crippen LogP contribution < -0.4 is 4.74 Å². The van der Waals surface area contributed by atoms with E-state index in [0.717, 1.165) is 16.9 Å². The molecule has 6 nitrogen and oxygen atoms in total. The molecule has 4 rings (SSSR count). The predicted octanol–water partition coefficient (Wildman–Crippen LogP) is 5.79. The molecule has 0 fully saturated rings. The Morgan fingerprint density at radius 3 is 2.60 bits per heavy atom. The van der Waals surface area contributed by atoms with Crippen molar-refractivity contribution in [3.05, 3.63) is 82.7 Å². The van der Waals surface area contributed by atoms with Gasteiger partial charge in [-0.2, -0.15) is 5.10 Å². The smallest absolute Gasteiger partial charge is 0.277 e. The highest BCUT2D eigenvalue weighted by atomic mass is 35.5. The fraction of sp³-hybridized carbons (Fsp3) is 0.190. The molecule has 0 spiro atoms. The first-order valence-electron chi connectivity index (χ1n) is 9.19. The topological polar surface area (TPSA) is 66.0 Å². The van der Waals surface area contributed by atoms with E-state index >= 15 is 0 Å². The minimum absolute atomic E-state index is 0.323. The molecular weight excluding hydrogens is 427 g/mol. The normalized spacial score (nSPS) is 12.1. The van der Waals surface area contributed by atoms with Crippen LogP contribution in [0.4, 0.5) is 4.39 Å². The largest absolute Gasteiger partial charge is 0.481 e. The number of para-hydroxylation sites is 1. The van der Waals surface area contributed by atoms with Gasteiger partial charge in [0.15, 0.2) is 6.10 Å². The first-order valence-corrected chi connectivity index (χ1v) is 10.6. The number of nitrogens with zero attached hydrogens (tertiary/aromatic N) is 4. The van der Waals surface area contributed by atoms with Gasteiger partial charge in [-0.25, -0.2) is 9.07 Å². The van der Waals surface area contributed by atoms with Gasteiger partial charge >= 0.3 is 0 Å². The van der Waals surface area contributed by atoms with E-state index in [1.165, 1.54) is 23.9 Å². The van der Waals surface area contributed by atoms with Gasteiger partial charge in [0, 0.05) is 11.3 Å². The summed E-state index contributed by atoms with van der Waals surface area (Å²) in [7, 11) is 0. The maximum absolute atomic E-state index is 13.0. The number of aromatic nitrogens is 4. The molecule has 0 unspecified atom stereocenters. The van der Waals surface area contributed by atoms with Crippen LogP contribution in [0, 0.1) is 12.7 Å². The second-order valence-electron chi connectivity index (χ2n) is 6.51. The molecule has 0 N–H and O–H groups in total. The average Bonchev–Trinajstić information content (AvgIpc) is 3.33. The van der Waals surface area contributed by atoms with E-state index in [2.05, 4.69) is 15.3 Å². The zero-order valence-electron chi connectivity index (χ0n) is 16.3. The van der Waals surface area contributed by atoms with Gasteiger partial charge in [-0.15, -0.1) is 10.2 Å². The number of hydrogen-bond acceptors (Lipinski definition) is 6. The number of rotatable bonds is 7. The Balaban J connectivity index is 1.42. The summed E-state index contributed by atoms with van der Waals surface area (Å²) in [6.45, 7) is 3.70. The summed E-state index contributed by atoms with van der Waals surface area (Å²) in [6, 6.07) is 15.5. The van der Waals surface area contributed by atoms with Crippen molar-refractivity contribution in [2.45, 2.75) is 30.9 Å². The van der Waals surface area contributed by atoms with Gasteiger partial charge < -0.3 is 9.15 Å². The highest BCUT2D eigenvalue weighted by Crippen LogP contribution is 2.31. The van der Waals surface area contributed by atoms with Crippen LogP contribution in [-0.2, 0) is 5.75 Å². The molecule has 0 amide bonds. The Kier molecular flexibility index (Phi) is 6.06. The van der Waals surface area contributed by atoms with E-state index in [1.807, 2.05) is 37.3 Å². The third-order valence-corrected chi connectivity index (χ3v) is 5.59. The molecule has 0 saturated carbocycles. The minimum Gasteiger partial charge on any atom is -0.481 e. The summed E-state index contributed by atoms with van der Waals surface area (Å²) in [4.78, 5) is 0. The van der Waals surface area contributed by atoms with Crippen molar-refractivity contribution in [1.29, 1.82) is 0 Å². The molecule has 0 radical (unpaired) electrons. The van der Waals surface area contributed by atoms with E-state index in [4.69, 9.17) is 20.8 Å². The van der Waals surface area contributed by atoms with Gasteiger partial charge in [-0.05, 0) is 50.2 Å². The summed E-state index contributed by atoms with van der Waals surface area (Å²) in [6.07, 6.45) is -0.469. The molecule has 4 aromatic rings. The van der Waals surface area contributed by atoms with Crippen LogP contribution in [0.2, 0.25) is 5.15 Å². The third kappa shape index (κ3) is 4.49. The second-order valence-corrected chi connectivity index (χ2v) is 7.80. The third-order valence-electron chi connectivity index (χ3n) is 4.36. The van der Waals surface area contributed by atoms with Crippen molar-refractivity contribution in [2.24, 2.45) is 0 Å². The molecule has 154 valence electrons. The van der Waals surface area contributed by atoms with Crippen molar-refractivity contribution in [3.8, 4) is 11.4 Å². The predicted molar refractivity (Wildman–Crippen MR) is 113 cm³/mol. The fourth-order valence-electron chi connectivity index (χ4n) is 2.78. The lowest BCUT2D eigenvalue weighted by atomic mass is 10.3. The SMILES string of the molecule is Cc1nn(-c2ccccc2)c(Cl)c1CSc1nnc([C@H](C)Oc2ccc(F)cc2)o1. The zero-order chi connectivity index (χ0) is 21.1. The van der Waals surface area contributed by atoms with Crippen LogP contribution >= 0.6 is 23.4 Å². The van der Waals surface area contributed by atoms with Gasteiger partial charge in [0.05, 0.1) is 11.4 Å². The van der Waals surface area contributed by atoms with E-state index in [-0.39, 0.29) is 5.82 Å². The molecule has 0 saturated heterocycles. The number of ether oxygens (including phenoxy) is 1. The van der Waals surface area contributed by atoms with Crippen LogP contribution in [0.15, 0.2) is 64.2 Å². The molecule has 2 aromatic carbocycles. The van der Waals surface area contributed by atoms with Gasteiger partial charge in [-0.3, -0.25) is 0 Å². The van der Waals surface area contributed by atoms with Gasteiger partial charge in [0.1, 0.15) is 16.7 Å². The quantitative estimate of drug-likeness (QED) is 0.336. The molecular formula is C21H18ClFN4O2S. The van der Waals surface area contributed by atoms with Crippen LogP contribution in [0.3, 0.4) is 0 Å². The Hall–Kier alpha value is -2.84. The van der Waals surface area contributed by atoms with Crippen LogP contribution in [-0.4, -0.2) is 20.0 Å². The fourth-order valence-corrected chi connectivity index (χ4v) is 4.05. The molecule has 9 heteroatoms.